The van der Waals surface area contributed by atoms with Crippen LogP contribution in [0.5, 0.6) is 5.75 Å². The van der Waals surface area contributed by atoms with Crippen LogP contribution in [0.4, 0.5) is 0 Å². The SMILES string of the molecule is O.O=C(O)c1c[c]([Hg])ccc1O. The van der Waals surface area contributed by atoms with Gasteiger partial charge in [0.15, 0.2) is 0 Å². The van der Waals surface area contributed by atoms with Gasteiger partial charge in [0.05, 0.1) is 0 Å². The van der Waals surface area contributed by atoms with Crippen molar-refractivity contribution in [3.05, 3.63) is 23.8 Å². The van der Waals surface area contributed by atoms with E-state index in [1.165, 1.54) is 12.1 Å². The quantitative estimate of drug-likeness (QED) is 0.662. The Bertz CT molecular complexity index is 297. The molecule has 0 saturated carbocycles. The first-order chi connectivity index (χ1) is 5.11. The molecule has 0 unspecified atom stereocenters. The predicted octanol–water partition coefficient (Wildman–Crippen LogP) is -0.562. The van der Waals surface area contributed by atoms with Crippen molar-refractivity contribution in [1.82, 2.24) is 0 Å². The summed E-state index contributed by atoms with van der Waals surface area (Å²) < 4.78 is 1.01. The molecule has 0 saturated heterocycles. The van der Waals surface area contributed by atoms with Gasteiger partial charge in [0.2, 0.25) is 0 Å². The second kappa shape index (κ2) is 4.42. The first-order valence-electron chi connectivity index (χ1n) is 2.99. The average Bonchev–Trinajstić information content (AvgIpc) is 1.94. The van der Waals surface area contributed by atoms with Gasteiger partial charge in [-0.25, -0.2) is 0 Å². The third kappa shape index (κ3) is 2.46. The summed E-state index contributed by atoms with van der Waals surface area (Å²) >= 11 is 0.400. The molecule has 0 atom stereocenters. The molecule has 1 aromatic rings. The Balaban J connectivity index is 0.00000121. The normalized spacial score (nSPS) is 8.83. The third-order valence-corrected chi connectivity index (χ3v) is 3.00. The number of aromatic carboxylic acids is 1. The molecular weight excluding hydrogens is 349 g/mol. The number of aromatic hydroxyl groups is 1. The van der Waals surface area contributed by atoms with Gasteiger partial charge < -0.3 is 5.48 Å². The fourth-order valence-electron chi connectivity index (χ4n) is 0.754. The van der Waals surface area contributed by atoms with Crippen LogP contribution in [0.1, 0.15) is 10.4 Å². The number of carbonyl (C=O) groups is 1. The van der Waals surface area contributed by atoms with Crippen molar-refractivity contribution in [2.75, 3.05) is 0 Å². The van der Waals surface area contributed by atoms with E-state index >= 15 is 0 Å². The number of hydrogen-bond acceptors (Lipinski definition) is 2. The Hall–Kier alpha value is -0.615. The van der Waals surface area contributed by atoms with Crippen LogP contribution in [-0.2, 0) is 26.1 Å². The van der Waals surface area contributed by atoms with Gasteiger partial charge in [0, 0.05) is 0 Å². The summed E-state index contributed by atoms with van der Waals surface area (Å²) in [5.74, 6) is -1.23. The van der Waals surface area contributed by atoms with E-state index in [1.807, 2.05) is 0 Å². The summed E-state index contributed by atoms with van der Waals surface area (Å²) in [5.41, 5.74) is -0.00231. The Morgan fingerprint density at radius 3 is 2.42 bits per heavy atom. The number of hydrogen-bond donors (Lipinski definition) is 2. The second-order valence-electron chi connectivity index (χ2n) is 2.16. The molecule has 0 aromatic heterocycles. The maximum atomic E-state index is 10.4. The standard InChI is InChI=1S/C7H5O3.Hg.H2O/c8-6-4-2-1-3-5(6)7(9)10;;/h2-4,8H,(H,9,10);;1H2. The van der Waals surface area contributed by atoms with Crippen LogP contribution in [0.25, 0.3) is 0 Å². The number of benzene rings is 1. The fraction of sp³-hybridized carbons (Fsp3) is 0. The van der Waals surface area contributed by atoms with Gasteiger partial charge in [-0.3, -0.25) is 0 Å². The maximum absolute atomic E-state index is 10.4. The van der Waals surface area contributed by atoms with E-state index in [0.29, 0.717) is 26.1 Å². The number of rotatable bonds is 1. The van der Waals surface area contributed by atoms with Crippen molar-refractivity contribution in [1.29, 1.82) is 0 Å². The summed E-state index contributed by atoms with van der Waals surface area (Å²) in [4.78, 5) is 10.4. The molecule has 0 aliphatic carbocycles. The van der Waals surface area contributed by atoms with Crippen molar-refractivity contribution in [3.8, 4) is 5.75 Å². The van der Waals surface area contributed by atoms with Crippen LogP contribution >= 0.6 is 0 Å². The molecule has 0 aliphatic heterocycles. The number of carboxylic acids is 1. The molecule has 0 radical (unpaired) electrons. The molecule has 1 aromatic carbocycles. The number of phenols is 1. The van der Waals surface area contributed by atoms with Crippen LogP contribution in [0.15, 0.2) is 18.2 Å². The summed E-state index contributed by atoms with van der Waals surface area (Å²) in [6.45, 7) is 0. The van der Waals surface area contributed by atoms with Crippen LogP contribution in [0.2, 0.25) is 0 Å². The average molecular weight is 356 g/mol. The molecule has 0 heterocycles. The van der Waals surface area contributed by atoms with E-state index in [1.54, 1.807) is 6.07 Å². The molecule has 1 rings (SSSR count). The van der Waals surface area contributed by atoms with Gasteiger partial charge in [-0.05, 0) is 0 Å². The van der Waals surface area contributed by atoms with Crippen LogP contribution in [0.3, 0.4) is 0 Å². The Kier molecular flexibility index (Phi) is 4.19. The molecular formula is C7H7HgO4. The summed E-state index contributed by atoms with van der Waals surface area (Å²) in [5, 5.41) is 17.6. The minimum atomic E-state index is -1.07. The van der Waals surface area contributed by atoms with E-state index in [0.717, 1.165) is 3.07 Å². The van der Waals surface area contributed by atoms with E-state index in [9.17, 15) is 4.79 Å². The van der Waals surface area contributed by atoms with Gasteiger partial charge >= 0.3 is 79.7 Å². The Morgan fingerprint density at radius 2 is 2.00 bits per heavy atom. The van der Waals surface area contributed by atoms with Crippen molar-refractivity contribution in [2.24, 2.45) is 0 Å². The zero-order valence-electron chi connectivity index (χ0n) is 6.24. The molecule has 61 valence electrons. The van der Waals surface area contributed by atoms with Gasteiger partial charge in [0.25, 0.3) is 0 Å². The first-order valence-corrected chi connectivity index (χ1v) is 5.74. The summed E-state index contributed by atoms with van der Waals surface area (Å²) in [7, 11) is 0. The topological polar surface area (TPSA) is 89.0 Å². The molecule has 0 aliphatic rings. The van der Waals surface area contributed by atoms with E-state index in [-0.39, 0.29) is 16.8 Å². The molecule has 4 N–H and O–H groups in total. The number of carboxylic acid groups (broad SMARTS) is 1. The van der Waals surface area contributed by atoms with Crippen molar-refractivity contribution in [3.63, 3.8) is 0 Å². The van der Waals surface area contributed by atoms with Crippen molar-refractivity contribution < 1.29 is 46.6 Å². The Labute approximate surface area is 85.1 Å². The predicted molar refractivity (Wildman–Crippen MR) is 38.3 cm³/mol. The zero-order valence-corrected chi connectivity index (χ0v) is 11.7. The molecule has 0 spiro atoms. The minimum absolute atomic E-state index is 0. The van der Waals surface area contributed by atoms with Crippen LogP contribution in [-0.4, -0.2) is 21.7 Å². The monoisotopic (exact) mass is 357 g/mol. The van der Waals surface area contributed by atoms with Crippen molar-refractivity contribution >= 4 is 9.04 Å². The van der Waals surface area contributed by atoms with E-state index in [4.69, 9.17) is 10.2 Å². The van der Waals surface area contributed by atoms with Gasteiger partial charge in [-0.15, -0.1) is 0 Å². The Morgan fingerprint density at radius 1 is 1.42 bits per heavy atom. The fourth-order valence-corrected chi connectivity index (χ4v) is 2.01. The van der Waals surface area contributed by atoms with Crippen molar-refractivity contribution in [2.45, 2.75) is 0 Å². The molecule has 0 amide bonds. The van der Waals surface area contributed by atoms with Gasteiger partial charge in [-0.1, -0.05) is 0 Å². The summed E-state index contributed by atoms with van der Waals surface area (Å²) in [6, 6.07) is 4.68. The van der Waals surface area contributed by atoms with E-state index in [2.05, 4.69) is 0 Å². The first kappa shape index (κ1) is 11.4. The van der Waals surface area contributed by atoms with E-state index < -0.39 is 5.97 Å². The molecule has 4 nitrogen and oxygen atoms in total. The van der Waals surface area contributed by atoms with Gasteiger partial charge in [0.1, 0.15) is 0 Å². The molecule has 0 fully saturated rings. The second-order valence-corrected chi connectivity index (χ2v) is 5.33. The summed E-state index contributed by atoms with van der Waals surface area (Å²) in [6.07, 6.45) is 0. The molecule has 12 heavy (non-hydrogen) atoms. The van der Waals surface area contributed by atoms with Crippen LogP contribution < -0.4 is 3.07 Å². The zero-order chi connectivity index (χ0) is 8.43. The van der Waals surface area contributed by atoms with Gasteiger partial charge in [-0.2, -0.15) is 0 Å². The molecule has 0 bridgehead atoms. The van der Waals surface area contributed by atoms with Crippen LogP contribution in [0, 0.1) is 0 Å². The molecule has 5 heteroatoms. The third-order valence-electron chi connectivity index (χ3n) is 1.29.